The Morgan fingerprint density at radius 3 is 2.38 bits per heavy atom. The Morgan fingerprint density at radius 2 is 1.95 bits per heavy atom. The van der Waals surface area contributed by atoms with Crippen LogP contribution in [0, 0.1) is 0 Å². The number of carbonyl (C=O) groups is 3. The Balaban J connectivity index is 2.34. The summed E-state index contributed by atoms with van der Waals surface area (Å²) in [5, 5.41) is 11.4. The number of aliphatic carboxylic acids is 1. The highest BCUT2D eigenvalue weighted by atomic mass is 32.2. The molecule has 0 aliphatic carbocycles. The second-order valence-corrected chi connectivity index (χ2v) is 6.82. The minimum atomic E-state index is -1.15. The zero-order valence-corrected chi connectivity index (χ0v) is 13.4. The molecule has 2 amide bonds. The molecule has 0 aromatic carbocycles. The first-order chi connectivity index (χ1) is 9.69. The third kappa shape index (κ3) is 6.70. The summed E-state index contributed by atoms with van der Waals surface area (Å²) in [5.74, 6) is -0.800. The molecule has 0 bridgehead atoms. The highest BCUT2D eigenvalue weighted by molar-refractivity contribution is 8.00. The van der Waals surface area contributed by atoms with Gasteiger partial charge in [0.1, 0.15) is 11.6 Å². The van der Waals surface area contributed by atoms with E-state index in [2.05, 4.69) is 5.32 Å². The van der Waals surface area contributed by atoms with Crippen molar-refractivity contribution in [3.63, 3.8) is 0 Å². The van der Waals surface area contributed by atoms with Gasteiger partial charge in [-0.25, -0.2) is 9.59 Å². The number of thioether (sulfide) groups is 1. The van der Waals surface area contributed by atoms with Crippen molar-refractivity contribution < 1.29 is 24.2 Å². The minimum absolute atomic E-state index is 0.00709. The maximum atomic E-state index is 11.6. The number of nitrogens with zero attached hydrogens (tertiary/aromatic N) is 1. The lowest BCUT2D eigenvalue weighted by atomic mass is 10.2. The first kappa shape index (κ1) is 17.6. The van der Waals surface area contributed by atoms with Crippen molar-refractivity contribution in [2.75, 3.05) is 24.6 Å². The summed E-state index contributed by atoms with van der Waals surface area (Å²) in [6, 6.07) is -1.07. The van der Waals surface area contributed by atoms with Gasteiger partial charge in [-0.3, -0.25) is 4.79 Å². The van der Waals surface area contributed by atoms with Crippen LogP contribution in [-0.4, -0.2) is 64.2 Å². The third-order valence-corrected chi connectivity index (χ3v) is 3.73. The van der Waals surface area contributed by atoms with Gasteiger partial charge >= 0.3 is 12.1 Å². The van der Waals surface area contributed by atoms with Gasteiger partial charge in [0.2, 0.25) is 5.91 Å². The monoisotopic (exact) mass is 318 g/mol. The molecule has 21 heavy (non-hydrogen) atoms. The van der Waals surface area contributed by atoms with E-state index in [9.17, 15) is 14.4 Å². The van der Waals surface area contributed by atoms with Gasteiger partial charge in [0.05, 0.1) is 5.75 Å². The van der Waals surface area contributed by atoms with Gasteiger partial charge in [-0.2, -0.15) is 0 Å². The van der Waals surface area contributed by atoms with Crippen LogP contribution in [-0.2, 0) is 14.3 Å². The summed E-state index contributed by atoms with van der Waals surface area (Å²) in [5.41, 5.74) is -0.687. The summed E-state index contributed by atoms with van der Waals surface area (Å²) in [6.45, 7) is 6.64. The second-order valence-electron chi connectivity index (χ2n) is 5.79. The van der Waals surface area contributed by atoms with Gasteiger partial charge in [-0.15, -0.1) is 11.8 Å². The third-order valence-electron chi connectivity index (χ3n) is 2.71. The van der Waals surface area contributed by atoms with Crippen LogP contribution in [0.2, 0.25) is 0 Å². The maximum Gasteiger partial charge on any atom is 0.408 e. The standard InChI is InChI=1S/C13H22N2O5S/c1-13(2,3)20-12(19)14-9(11(17)18)7-21-8-10(16)15-5-4-6-15/h9H,4-8H2,1-3H3,(H,14,19)(H,17,18). The van der Waals surface area contributed by atoms with Gasteiger partial charge < -0.3 is 20.1 Å². The number of carboxylic acids is 1. The Morgan fingerprint density at radius 1 is 1.33 bits per heavy atom. The molecule has 120 valence electrons. The number of amides is 2. The van der Waals surface area contributed by atoms with Crippen molar-refractivity contribution in [3.8, 4) is 0 Å². The summed E-state index contributed by atoms with van der Waals surface area (Å²) in [4.78, 5) is 36.0. The molecule has 1 saturated heterocycles. The number of carboxylic acid groups (broad SMARTS) is 1. The minimum Gasteiger partial charge on any atom is -0.480 e. The topological polar surface area (TPSA) is 95.9 Å². The van der Waals surface area contributed by atoms with Gasteiger partial charge in [-0.1, -0.05) is 0 Å². The molecule has 1 aliphatic rings. The number of rotatable bonds is 6. The van der Waals surface area contributed by atoms with Crippen molar-refractivity contribution in [1.29, 1.82) is 0 Å². The molecule has 2 N–H and O–H groups in total. The largest absolute Gasteiger partial charge is 0.480 e. The average molecular weight is 318 g/mol. The Labute approximate surface area is 128 Å². The van der Waals surface area contributed by atoms with Crippen LogP contribution >= 0.6 is 11.8 Å². The van der Waals surface area contributed by atoms with Gasteiger partial charge in [0.25, 0.3) is 0 Å². The molecule has 0 saturated carbocycles. The van der Waals surface area contributed by atoms with Crippen LogP contribution in [0.25, 0.3) is 0 Å². The van der Waals surface area contributed by atoms with E-state index in [0.29, 0.717) is 0 Å². The van der Waals surface area contributed by atoms with E-state index < -0.39 is 23.7 Å². The van der Waals surface area contributed by atoms with E-state index in [1.807, 2.05) is 0 Å². The number of ether oxygens (including phenoxy) is 1. The number of hydrogen-bond acceptors (Lipinski definition) is 5. The van der Waals surface area contributed by atoms with E-state index in [0.717, 1.165) is 19.5 Å². The number of likely N-dealkylation sites (tertiary alicyclic amines) is 1. The fourth-order valence-electron chi connectivity index (χ4n) is 1.55. The van der Waals surface area contributed by atoms with E-state index >= 15 is 0 Å². The van der Waals surface area contributed by atoms with Crippen LogP contribution in [0.1, 0.15) is 27.2 Å². The Hall–Kier alpha value is -1.44. The Kier molecular flexibility index (Phi) is 6.32. The normalized spacial score (nSPS) is 15.9. The number of carbonyl (C=O) groups excluding carboxylic acids is 2. The quantitative estimate of drug-likeness (QED) is 0.756. The molecule has 1 rings (SSSR count). The Bertz CT molecular complexity index is 404. The lowest BCUT2D eigenvalue weighted by Gasteiger charge is -2.30. The van der Waals surface area contributed by atoms with E-state index in [1.54, 1.807) is 25.7 Å². The average Bonchev–Trinajstić information content (AvgIpc) is 2.22. The molecular formula is C13H22N2O5S. The summed E-state index contributed by atoms with van der Waals surface area (Å²) in [6.07, 6.45) is 0.249. The molecule has 1 unspecified atom stereocenters. The van der Waals surface area contributed by atoms with Crippen molar-refractivity contribution in [2.45, 2.75) is 38.8 Å². The van der Waals surface area contributed by atoms with Crippen LogP contribution in [0.4, 0.5) is 4.79 Å². The molecule has 1 fully saturated rings. The summed E-state index contributed by atoms with van der Waals surface area (Å²) < 4.78 is 5.01. The van der Waals surface area contributed by atoms with Crippen LogP contribution in [0.3, 0.4) is 0 Å². The number of alkyl carbamates (subject to hydrolysis) is 1. The SMILES string of the molecule is CC(C)(C)OC(=O)NC(CSCC(=O)N1CCC1)C(=O)O. The van der Waals surface area contributed by atoms with E-state index in [1.165, 1.54) is 11.8 Å². The van der Waals surface area contributed by atoms with Crippen LogP contribution in [0.5, 0.6) is 0 Å². The van der Waals surface area contributed by atoms with Crippen molar-refractivity contribution in [3.05, 3.63) is 0 Å². The molecule has 0 radical (unpaired) electrons. The van der Waals surface area contributed by atoms with Crippen molar-refractivity contribution in [2.24, 2.45) is 0 Å². The zero-order chi connectivity index (χ0) is 16.0. The fraction of sp³-hybridized carbons (Fsp3) is 0.769. The molecular weight excluding hydrogens is 296 g/mol. The highest BCUT2D eigenvalue weighted by Gasteiger charge is 2.25. The van der Waals surface area contributed by atoms with Gasteiger partial charge in [0, 0.05) is 18.8 Å². The summed E-state index contributed by atoms with van der Waals surface area (Å²) in [7, 11) is 0. The first-order valence-electron chi connectivity index (χ1n) is 6.77. The molecule has 0 spiro atoms. The predicted molar refractivity (Wildman–Crippen MR) is 79.3 cm³/mol. The lowest BCUT2D eigenvalue weighted by Crippen LogP contribution is -2.46. The van der Waals surface area contributed by atoms with Gasteiger partial charge in [-0.05, 0) is 27.2 Å². The highest BCUT2D eigenvalue weighted by Crippen LogP contribution is 2.12. The van der Waals surface area contributed by atoms with E-state index in [4.69, 9.17) is 9.84 Å². The number of hydrogen-bond donors (Lipinski definition) is 2. The smallest absolute Gasteiger partial charge is 0.408 e. The lowest BCUT2D eigenvalue weighted by molar-refractivity contribution is -0.139. The maximum absolute atomic E-state index is 11.6. The van der Waals surface area contributed by atoms with Crippen LogP contribution in [0.15, 0.2) is 0 Å². The van der Waals surface area contributed by atoms with Gasteiger partial charge in [0.15, 0.2) is 0 Å². The molecule has 0 aromatic heterocycles. The molecule has 1 aliphatic heterocycles. The summed E-state index contributed by atoms with van der Waals surface area (Å²) >= 11 is 1.19. The molecule has 0 aromatic rings. The molecule has 1 atom stereocenters. The van der Waals surface area contributed by atoms with Crippen molar-refractivity contribution in [1.82, 2.24) is 10.2 Å². The number of nitrogens with one attached hydrogen (secondary N) is 1. The second kappa shape index (κ2) is 7.53. The van der Waals surface area contributed by atoms with E-state index in [-0.39, 0.29) is 17.4 Å². The fourth-order valence-corrected chi connectivity index (χ4v) is 2.48. The molecule has 8 heteroatoms. The van der Waals surface area contributed by atoms with Crippen LogP contribution < -0.4 is 5.32 Å². The predicted octanol–water partition coefficient (Wildman–Crippen LogP) is 0.930. The molecule has 7 nitrogen and oxygen atoms in total. The zero-order valence-electron chi connectivity index (χ0n) is 12.5. The first-order valence-corrected chi connectivity index (χ1v) is 7.92. The van der Waals surface area contributed by atoms with Crippen molar-refractivity contribution >= 4 is 29.7 Å². The molecule has 1 heterocycles.